The molecule has 156 valence electrons. The van der Waals surface area contributed by atoms with E-state index in [2.05, 4.69) is 50.4 Å². The summed E-state index contributed by atoms with van der Waals surface area (Å²) in [5.41, 5.74) is 3.20. The van der Waals surface area contributed by atoms with Crippen LogP contribution in [0, 0.1) is 5.82 Å². The number of nitrogens with one attached hydrogen (secondary N) is 1. The third-order valence-corrected chi connectivity index (χ3v) is 5.13. The van der Waals surface area contributed by atoms with Gasteiger partial charge in [0, 0.05) is 20.0 Å². The molecule has 0 spiro atoms. The van der Waals surface area contributed by atoms with Crippen LogP contribution in [0.25, 0.3) is 0 Å². The van der Waals surface area contributed by atoms with Crippen LogP contribution >= 0.6 is 0 Å². The predicted molar refractivity (Wildman–Crippen MR) is 114 cm³/mol. The van der Waals surface area contributed by atoms with Crippen molar-refractivity contribution in [1.29, 1.82) is 0 Å². The van der Waals surface area contributed by atoms with Gasteiger partial charge in [0.15, 0.2) is 0 Å². The van der Waals surface area contributed by atoms with E-state index >= 15 is 0 Å². The summed E-state index contributed by atoms with van der Waals surface area (Å²) < 4.78 is 13.2. The topological polar surface area (TPSA) is 49.4 Å². The maximum absolute atomic E-state index is 13.2. The van der Waals surface area contributed by atoms with Crippen molar-refractivity contribution in [2.45, 2.75) is 58.5 Å². The van der Waals surface area contributed by atoms with Gasteiger partial charge in [-0.25, -0.2) is 4.39 Å². The van der Waals surface area contributed by atoms with Crippen molar-refractivity contribution >= 4 is 11.8 Å². The number of likely N-dealkylation sites (N-methyl/N-ethyl adjacent to an activating group) is 1. The average molecular weight is 399 g/mol. The van der Waals surface area contributed by atoms with Crippen molar-refractivity contribution < 1.29 is 14.0 Å². The third kappa shape index (κ3) is 6.41. The molecule has 4 nitrogen and oxygen atoms in total. The van der Waals surface area contributed by atoms with Crippen LogP contribution < -0.4 is 5.32 Å². The molecule has 0 aliphatic heterocycles. The van der Waals surface area contributed by atoms with Gasteiger partial charge in [0.2, 0.25) is 11.8 Å². The standard InChI is InChI=1S/C24H31FN2O2/c1-17(23(29)26-5)27(16-19-8-13-21(25)14-9-19)22(28)15-10-18-6-11-20(12-7-18)24(2,3)4/h6-9,11-14,17H,10,15-16H2,1-5H3,(H,26,29). The fourth-order valence-electron chi connectivity index (χ4n) is 3.14. The molecule has 2 aromatic rings. The molecule has 2 aromatic carbocycles. The third-order valence-electron chi connectivity index (χ3n) is 5.13. The number of aryl methyl sites for hydroxylation is 1. The van der Waals surface area contributed by atoms with Crippen LogP contribution in [0.15, 0.2) is 48.5 Å². The number of hydrogen-bond donors (Lipinski definition) is 1. The van der Waals surface area contributed by atoms with Crippen LogP contribution in [0.2, 0.25) is 0 Å². The summed E-state index contributed by atoms with van der Waals surface area (Å²) >= 11 is 0. The fraction of sp³-hybridized carbons (Fsp3) is 0.417. The molecular formula is C24H31FN2O2. The van der Waals surface area contributed by atoms with Crippen LogP contribution in [0.4, 0.5) is 4.39 Å². The van der Waals surface area contributed by atoms with E-state index in [4.69, 9.17) is 0 Å². The Labute approximate surface area is 173 Å². The quantitative estimate of drug-likeness (QED) is 0.759. The van der Waals surface area contributed by atoms with Crippen LogP contribution in [-0.4, -0.2) is 29.8 Å². The van der Waals surface area contributed by atoms with E-state index in [0.717, 1.165) is 11.1 Å². The van der Waals surface area contributed by atoms with Gasteiger partial charge in [-0.15, -0.1) is 0 Å². The minimum atomic E-state index is -0.610. The molecule has 0 bridgehead atoms. The first-order chi connectivity index (χ1) is 13.6. The number of nitrogens with zero attached hydrogens (tertiary/aromatic N) is 1. The summed E-state index contributed by atoms with van der Waals surface area (Å²) in [6.45, 7) is 8.46. The molecule has 2 rings (SSSR count). The molecule has 1 atom stereocenters. The minimum absolute atomic E-state index is 0.0866. The molecule has 0 heterocycles. The number of rotatable bonds is 7. The average Bonchev–Trinajstić information content (AvgIpc) is 2.70. The van der Waals surface area contributed by atoms with Crippen molar-refractivity contribution in [1.82, 2.24) is 10.2 Å². The van der Waals surface area contributed by atoms with Gasteiger partial charge in [-0.1, -0.05) is 57.2 Å². The first kappa shape index (κ1) is 22.6. The number of halogens is 1. The fourth-order valence-corrected chi connectivity index (χ4v) is 3.14. The second kappa shape index (κ2) is 9.68. The molecule has 0 saturated heterocycles. The van der Waals surface area contributed by atoms with E-state index in [0.29, 0.717) is 12.8 Å². The second-order valence-corrected chi connectivity index (χ2v) is 8.39. The van der Waals surface area contributed by atoms with Crippen LogP contribution in [0.1, 0.15) is 50.8 Å². The normalized spacial score (nSPS) is 12.3. The lowest BCUT2D eigenvalue weighted by atomic mass is 9.86. The Kier molecular flexibility index (Phi) is 7.54. The first-order valence-corrected chi connectivity index (χ1v) is 9.96. The molecule has 0 saturated carbocycles. The van der Waals surface area contributed by atoms with E-state index in [1.807, 2.05) is 0 Å². The van der Waals surface area contributed by atoms with E-state index in [1.165, 1.54) is 17.7 Å². The highest BCUT2D eigenvalue weighted by atomic mass is 19.1. The lowest BCUT2D eigenvalue weighted by molar-refractivity contribution is -0.140. The minimum Gasteiger partial charge on any atom is -0.357 e. The van der Waals surface area contributed by atoms with Gasteiger partial charge in [0.05, 0.1) is 0 Å². The summed E-state index contributed by atoms with van der Waals surface area (Å²) in [6, 6.07) is 13.7. The van der Waals surface area contributed by atoms with Crippen molar-refractivity contribution in [3.63, 3.8) is 0 Å². The van der Waals surface area contributed by atoms with Crippen molar-refractivity contribution in [3.05, 3.63) is 71.0 Å². The highest BCUT2D eigenvalue weighted by Crippen LogP contribution is 2.22. The summed E-state index contributed by atoms with van der Waals surface area (Å²) in [5.74, 6) is -0.662. The van der Waals surface area contributed by atoms with Gasteiger partial charge in [-0.05, 0) is 47.6 Å². The Morgan fingerprint density at radius 3 is 2.07 bits per heavy atom. The van der Waals surface area contributed by atoms with Crippen LogP contribution in [-0.2, 0) is 28.0 Å². The lowest BCUT2D eigenvalue weighted by Crippen LogP contribution is -2.46. The van der Waals surface area contributed by atoms with Gasteiger partial charge in [0.25, 0.3) is 0 Å². The largest absolute Gasteiger partial charge is 0.357 e. The number of amides is 2. The second-order valence-electron chi connectivity index (χ2n) is 8.39. The molecule has 29 heavy (non-hydrogen) atoms. The zero-order valence-corrected chi connectivity index (χ0v) is 18.0. The Bertz CT molecular complexity index is 823. The van der Waals surface area contributed by atoms with E-state index in [1.54, 1.807) is 31.0 Å². The number of carbonyl (C=O) groups is 2. The van der Waals surface area contributed by atoms with E-state index in [9.17, 15) is 14.0 Å². The van der Waals surface area contributed by atoms with Gasteiger partial charge < -0.3 is 10.2 Å². The molecular weight excluding hydrogens is 367 g/mol. The van der Waals surface area contributed by atoms with Crippen LogP contribution in [0.3, 0.4) is 0 Å². The van der Waals surface area contributed by atoms with Crippen molar-refractivity contribution in [2.24, 2.45) is 0 Å². The molecule has 0 radical (unpaired) electrons. The lowest BCUT2D eigenvalue weighted by Gasteiger charge is -2.28. The molecule has 0 aromatic heterocycles. The van der Waals surface area contributed by atoms with Crippen molar-refractivity contribution in [2.75, 3.05) is 7.05 Å². The van der Waals surface area contributed by atoms with Crippen LogP contribution in [0.5, 0.6) is 0 Å². The molecule has 1 N–H and O–H groups in total. The summed E-state index contributed by atoms with van der Waals surface area (Å²) in [5, 5.41) is 2.60. The van der Waals surface area contributed by atoms with Gasteiger partial charge >= 0.3 is 0 Å². The van der Waals surface area contributed by atoms with Gasteiger partial charge in [-0.2, -0.15) is 0 Å². The Morgan fingerprint density at radius 1 is 1.00 bits per heavy atom. The summed E-state index contributed by atoms with van der Waals surface area (Å²) in [4.78, 5) is 26.6. The highest BCUT2D eigenvalue weighted by molar-refractivity contribution is 5.87. The Morgan fingerprint density at radius 2 is 1.55 bits per heavy atom. The molecule has 1 unspecified atom stereocenters. The smallest absolute Gasteiger partial charge is 0.242 e. The van der Waals surface area contributed by atoms with E-state index < -0.39 is 6.04 Å². The zero-order chi connectivity index (χ0) is 21.6. The SMILES string of the molecule is CNC(=O)C(C)N(Cc1ccc(F)cc1)C(=O)CCc1ccc(C(C)(C)C)cc1. The molecule has 0 aliphatic carbocycles. The Balaban J connectivity index is 2.10. The summed E-state index contributed by atoms with van der Waals surface area (Å²) in [6.07, 6.45) is 0.904. The predicted octanol–water partition coefficient (Wildman–Crippen LogP) is 4.22. The highest BCUT2D eigenvalue weighted by Gasteiger charge is 2.25. The zero-order valence-electron chi connectivity index (χ0n) is 18.0. The van der Waals surface area contributed by atoms with Crippen molar-refractivity contribution in [3.8, 4) is 0 Å². The molecule has 0 fully saturated rings. The maximum Gasteiger partial charge on any atom is 0.242 e. The van der Waals surface area contributed by atoms with Gasteiger partial charge in [-0.3, -0.25) is 9.59 Å². The summed E-state index contributed by atoms with van der Waals surface area (Å²) in [7, 11) is 1.55. The van der Waals surface area contributed by atoms with E-state index in [-0.39, 0.29) is 29.6 Å². The molecule has 0 aliphatic rings. The Hall–Kier alpha value is -2.69. The first-order valence-electron chi connectivity index (χ1n) is 9.96. The number of benzene rings is 2. The molecule has 5 heteroatoms. The maximum atomic E-state index is 13.2. The number of carbonyl (C=O) groups excluding carboxylic acids is 2. The number of hydrogen-bond acceptors (Lipinski definition) is 2. The van der Waals surface area contributed by atoms with Gasteiger partial charge in [0.1, 0.15) is 11.9 Å². The molecule has 2 amide bonds. The monoisotopic (exact) mass is 398 g/mol.